The summed E-state index contributed by atoms with van der Waals surface area (Å²) in [7, 11) is 1.69. The van der Waals surface area contributed by atoms with Gasteiger partial charge in [0.15, 0.2) is 5.96 Å². The van der Waals surface area contributed by atoms with E-state index in [1.54, 1.807) is 19.2 Å². The lowest BCUT2D eigenvalue weighted by molar-refractivity contribution is 0.0526. The van der Waals surface area contributed by atoms with Crippen LogP contribution in [0.4, 0.5) is 4.39 Å². The summed E-state index contributed by atoms with van der Waals surface area (Å²) in [5.74, 6) is 1.28. The predicted molar refractivity (Wildman–Crippen MR) is 132 cm³/mol. The summed E-state index contributed by atoms with van der Waals surface area (Å²) < 4.78 is 29.9. The minimum absolute atomic E-state index is 0. The van der Waals surface area contributed by atoms with Gasteiger partial charge < -0.3 is 24.4 Å². The van der Waals surface area contributed by atoms with E-state index in [0.717, 1.165) is 57.0 Å². The van der Waals surface area contributed by atoms with E-state index in [4.69, 9.17) is 19.2 Å². The average molecular weight is 549 g/mol. The fourth-order valence-corrected chi connectivity index (χ4v) is 4.31. The zero-order chi connectivity index (χ0) is 21.2. The number of hydrogen-bond acceptors (Lipinski definition) is 4. The molecule has 0 spiro atoms. The maximum atomic E-state index is 13.5. The van der Waals surface area contributed by atoms with E-state index >= 15 is 0 Å². The van der Waals surface area contributed by atoms with E-state index < -0.39 is 0 Å². The standard InChI is InChI=1S/C23H36FN3O3.HI/c1-3-25-22(27-11-8-19(16-27)17-30-15-14-28-2)26-18-23(9-12-29-13-10-23)20-4-6-21(24)7-5-20;/h4-7,19H,3,8-18H2,1-2H3,(H,25,26);1H. The maximum Gasteiger partial charge on any atom is 0.193 e. The molecule has 31 heavy (non-hydrogen) atoms. The van der Waals surface area contributed by atoms with Crippen LogP contribution in [0.3, 0.4) is 0 Å². The van der Waals surface area contributed by atoms with Gasteiger partial charge in [-0.1, -0.05) is 12.1 Å². The molecule has 3 rings (SSSR count). The molecule has 2 fully saturated rings. The number of benzene rings is 1. The van der Waals surface area contributed by atoms with E-state index in [1.807, 2.05) is 12.1 Å². The molecule has 1 unspecified atom stereocenters. The van der Waals surface area contributed by atoms with Crippen LogP contribution in [0.1, 0.15) is 31.7 Å². The van der Waals surface area contributed by atoms with Gasteiger partial charge in [-0.3, -0.25) is 4.99 Å². The first-order valence-corrected chi connectivity index (χ1v) is 11.1. The van der Waals surface area contributed by atoms with Gasteiger partial charge in [-0.05, 0) is 43.9 Å². The van der Waals surface area contributed by atoms with Crippen LogP contribution < -0.4 is 5.32 Å². The van der Waals surface area contributed by atoms with Gasteiger partial charge in [0.05, 0.1) is 26.4 Å². The first kappa shape index (κ1) is 26.3. The first-order chi connectivity index (χ1) is 14.7. The van der Waals surface area contributed by atoms with Crippen molar-refractivity contribution in [2.45, 2.75) is 31.6 Å². The molecule has 6 nitrogen and oxygen atoms in total. The van der Waals surface area contributed by atoms with Gasteiger partial charge in [0.1, 0.15) is 5.82 Å². The molecule has 2 heterocycles. The second-order valence-corrected chi connectivity index (χ2v) is 8.24. The number of halogens is 2. The van der Waals surface area contributed by atoms with Gasteiger partial charge in [0, 0.05) is 51.3 Å². The smallest absolute Gasteiger partial charge is 0.193 e. The lowest BCUT2D eigenvalue weighted by atomic mass is 9.74. The maximum absolute atomic E-state index is 13.5. The molecular formula is C23H37FIN3O3. The average Bonchev–Trinajstić information content (AvgIpc) is 3.24. The number of guanidine groups is 1. The molecule has 0 aromatic heterocycles. The highest BCUT2D eigenvalue weighted by Crippen LogP contribution is 2.35. The molecule has 0 bridgehead atoms. The predicted octanol–water partition coefficient (Wildman–Crippen LogP) is 3.44. The van der Waals surface area contributed by atoms with E-state index in [9.17, 15) is 4.39 Å². The molecule has 0 amide bonds. The van der Waals surface area contributed by atoms with Gasteiger partial charge in [-0.2, -0.15) is 0 Å². The zero-order valence-corrected chi connectivity index (χ0v) is 21.1. The number of likely N-dealkylation sites (tertiary alicyclic amines) is 1. The molecule has 2 aliphatic heterocycles. The van der Waals surface area contributed by atoms with Crippen LogP contribution in [-0.4, -0.2) is 77.2 Å². The highest BCUT2D eigenvalue weighted by Gasteiger charge is 2.35. The summed E-state index contributed by atoms with van der Waals surface area (Å²) in [5, 5.41) is 3.46. The van der Waals surface area contributed by atoms with Crippen LogP contribution in [0.15, 0.2) is 29.3 Å². The molecule has 0 saturated carbocycles. The SMILES string of the molecule is CCNC(=NCC1(c2ccc(F)cc2)CCOCC1)N1CCC(COCCOC)C1.I. The summed E-state index contributed by atoms with van der Waals surface area (Å²) in [6, 6.07) is 6.92. The summed E-state index contributed by atoms with van der Waals surface area (Å²) >= 11 is 0. The highest BCUT2D eigenvalue weighted by atomic mass is 127. The van der Waals surface area contributed by atoms with Crippen LogP contribution in [0.25, 0.3) is 0 Å². The van der Waals surface area contributed by atoms with Crippen molar-refractivity contribution in [3.8, 4) is 0 Å². The van der Waals surface area contributed by atoms with Crippen molar-refractivity contribution in [3.05, 3.63) is 35.6 Å². The summed E-state index contributed by atoms with van der Waals surface area (Å²) in [6.45, 7) is 9.01. The number of nitrogens with zero attached hydrogens (tertiary/aromatic N) is 2. The van der Waals surface area contributed by atoms with Crippen LogP contribution in [0.5, 0.6) is 0 Å². The van der Waals surface area contributed by atoms with Crippen molar-refractivity contribution in [2.75, 3.05) is 66.3 Å². The summed E-state index contributed by atoms with van der Waals surface area (Å²) in [4.78, 5) is 7.39. The van der Waals surface area contributed by atoms with Crippen LogP contribution in [-0.2, 0) is 19.6 Å². The Labute approximate surface area is 202 Å². The fraction of sp³-hybridized carbons (Fsp3) is 0.696. The van der Waals surface area contributed by atoms with Gasteiger partial charge >= 0.3 is 0 Å². The normalized spacial score (nSPS) is 21.1. The molecule has 176 valence electrons. The largest absolute Gasteiger partial charge is 0.382 e. The van der Waals surface area contributed by atoms with Crippen molar-refractivity contribution in [1.82, 2.24) is 10.2 Å². The quantitative estimate of drug-likeness (QED) is 0.222. The fourth-order valence-electron chi connectivity index (χ4n) is 4.31. The Hall–Kier alpha value is -0.970. The lowest BCUT2D eigenvalue weighted by Gasteiger charge is -2.37. The van der Waals surface area contributed by atoms with Crippen molar-refractivity contribution in [3.63, 3.8) is 0 Å². The first-order valence-electron chi connectivity index (χ1n) is 11.1. The monoisotopic (exact) mass is 549 g/mol. The minimum Gasteiger partial charge on any atom is -0.382 e. The van der Waals surface area contributed by atoms with Crippen molar-refractivity contribution in [1.29, 1.82) is 0 Å². The molecule has 1 aromatic carbocycles. The van der Waals surface area contributed by atoms with Crippen molar-refractivity contribution < 1.29 is 18.6 Å². The molecule has 1 N–H and O–H groups in total. The van der Waals surface area contributed by atoms with Crippen LogP contribution in [0, 0.1) is 11.7 Å². The Kier molecular flexibility index (Phi) is 11.5. The van der Waals surface area contributed by atoms with E-state index in [1.165, 1.54) is 0 Å². The topological polar surface area (TPSA) is 55.3 Å². The molecule has 1 aromatic rings. The third-order valence-corrected chi connectivity index (χ3v) is 6.14. The number of methoxy groups -OCH3 is 1. The number of aliphatic imine (C=N–C) groups is 1. The van der Waals surface area contributed by atoms with Crippen molar-refractivity contribution >= 4 is 29.9 Å². The molecule has 2 saturated heterocycles. The Balaban J connectivity index is 0.00000341. The van der Waals surface area contributed by atoms with Gasteiger partial charge in [-0.15, -0.1) is 24.0 Å². The Morgan fingerprint density at radius 2 is 2.00 bits per heavy atom. The molecular weight excluding hydrogens is 512 g/mol. The van der Waals surface area contributed by atoms with Gasteiger partial charge in [-0.25, -0.2) is 4.39 Å². The van der Waals surface area contributed by atoms with Crippen LogP contribution >= 0.6 is 24.0 Å². The number of ether oxygens (including phenoxy) is 3. The number of rotatable bonds is 9. The second kappa shape index (κ2) is 13.5. The summed E-state index contributed by atoms with van der Waals surface area (Å²) in [6.07, 6.45) is 2.91. The molecule has 0 aliphatic carbocycles. The van der Waals surface area contributed by atoms with Gasteiger partial charge in [0.25, 0.3) is 0 Å². The van der Waals surface area contributed by atoms with E-state index in [0.29, 0.717) is 38.9 Å². The Morgan fingerprint density at radius 3 is 2.68 bits per heavy atom. The minimum atomic E-state index is -0.200. The number of hydrogen-bond donors (Lipinski definition) is 1. The van der Waals surface area contributed by atoms with E-state index in [-0.39, 0.29) is 35.2 Å². The molecule has 8 heteroatoms. The molecule has 1 atom stereocenters. The Morgan fingerprint density at radius 1 is 1.26 bits per heavy atom. The third kappa shape index (κ3) is 7.54. The number of nitrogens with one attached hydrogen (secondary N) is 1. The zero-order valence-electron chi connectivity index (χ0n) is 18.8. The second-order valence-electron chi connectivity index (χ2n) is 8.24. The van der Waals surface area contributed by atoms with Crippen molar-refractivity contribution in [2.24, 2.45) is 10.9 Å². The van der Waals surface area contributed by atoms with Crippen LogP contribution in [0.2, 0.25) is 0 Å². The van der Waals surface area contributed by atoms with E-state index in [2.05, 4.69) is 17.1 Å². The third-order valence-electron chi connectivity index (χ3n) is 6.14. The molecule has 2 aliphatic rings. The lowest BCUT2D eigenvalue weighted by Crippen LogP contribution is -2.43. The Bertz CT molecular complexity index is 669. The molecule has 0 radical (unpaired) electrons. The van der Waals surface area contributed by atoms with Gasteiger partial charge in [0.2, 0.25) is 0 Å². The summed E-state index contributed by atoms with van der Waals surface area (Å²) in [5.41, 5.74) is 1.05. The highest BCUT2D eigenvalue weighted by molar-refractivity contribution is 14.0.